The van der Waals surface area contributed by atoms with Gasteiger partial charge in [0.25, 0.3) is 0 Å². The van der Waals surface area contributed by atoms with Gasteiger partial charge in [0.1, 0.15) is 0 Å². The molecule has 0 spiro atoms. The molecule has 1 saturated heterocycles. The topological polar surface area (TPSA) is 101 Å². The van der Waals surface area contributed by atoms with Crippen molar-refractivity contribution in [2.24, 2.45) is 5.73 Å². The van der Waals surface area contributed by atoms with Gasteiger partial charge in [-0.1, -0.05) is 6.07 Å². The lowest BCUT2D eigenvalue weighted by Crippen LogP contribution is -2.39. The number of nitrogens with zero attached hydrogens (tertiary/aromatic N) is 1. The van der Waals surface area contributed by atoms with Crippen molar-refractivity contribution in [3.05, 3.63) is 23.8 Å². The van der Waals surface area contributed by atoms with Crippen LogP contribution in [0.1, 0.15) is 31.2 Å². The van der Waals surface area contributed by atoms with Crippen LogP contribution in [0.15, 0.2) is 18.2 Å². The van der Waals surface area contributed by atoms with Crippen molar-refractivity contribution in [3.8, 4) is 0 Å². The van der Waals surface area contributed by atoms with E-state index >= 15 is 0 Å². The molecule has 0 unspecified atom stereocenters. The van der Waals surface area contributed by atoms with Crippen LogP contribution in [0.4, 0.5) is 11.4 Å². The van der Waals surface area contributed by atoms with E-state index in [-0.39, 0.29) is 11.8 Å². The zero-order valence-corrected chi connectivity index (χ0v) is 12.3. The molecule has 6 nitrogen and oxygen atoms in total. The summed E-state index contributed by atoms with van der Waals surface area (Å²) in [6.07, 6.45) is 1.87. The zero-order chi connectivity index (χ0) is 15.4. The molecule has 1 aromatic rings. The number of nitrogen functional groups attached to an aromatic ring is 1. The van der Waals surface area contributed by atoms with Crippen molar-refractivity contribution in [1.29, 1.82) is 0 Å². The number of hydrogen-bond acceptors (Lipinski definition) is 4. The van der Waals surface area contributed by atoms with Crippen LogP contribution in [-0.4, -0.2) is 36.3 Å². The van der Waals surface area contributed by atoms with Gasteiger partial charge in [-0.3, -0.25) is 14.5 Å². The molecule has 0 aliphatic carbocycles. The normalized spacial score (nSPS) is 16.6. The third kappa shape index (κ3) is 4.19. The molecule has 0 radical (unpaired) electrons. The number of rotatable bonds is 4. The van der Waals surface area contributed by atoms with Crippen molar-refractivity contribution in [3.63, 3.8) is 0 Å². The number of benzene rings is 1. The van der Waals surface area contributed by atoms with E-state index in [2.05, 4.69) is 10.2 Å². The first kappa shape index (κ1) is 15.3. The Morgan fingerprint density at radius 1 is 1.33 bits per heavy atom. The summed E-state index contributed by atoms with van der Waals surface area (Å²) in [6, 6.07) is 5.64. The van der Waals surface area contributed by atoms with E-state index in [0.717, 1.165) is 37.2 Å². The largest absolute Gasteiger partial charge is 0.399 e. The molecule has 2 rings (SSSR count). The van der Waals surface area contributed by atoms with E-state index in [1.54, 1.807) is 6.07 Å². The van der Waals surface area contributed by atoms with Gasteiger partial charge < -0.3 is 16.8 Å². The molecular weight excluding hydrogens is 268 g/mol. The third-order valence-corrected chi connectivity index (χ3v) is 3.79. The highest BCUT2D eigenvalue weighted by molar-refractivity contribution is 5.90. The molecule has 0 saturated carbocycles. The molecule has 0 atom stereocenters. The number of likely N-dealkylation sites (tertiary alicyclic amines) is 1. The average molecular weight is 290 g/mol. The minimum Gasteiger partial charge on any atom is -0.399 e. The predicted octanol–water partition coefficient (Wildman–Crippen LogP) is 0.892. The Bertz CT molecular complexity index is 536. The van der Waals surface area contributed by atoms with Crippen LogP contribution in [0.3, 0.4) is 0 Å². The Balaban J connectivity index is 2.09. The fourth-order valence-corrected chi connectivity index (χ4v) is 2.85. The lowest BCUT2D eigenvalue weighted by molar-refractivity contribution is -0.119. The Hall–Kier alpha value is -2.08. The summed E-state index contributed by atoms with van der Waals surface area (Å²) in [6.45, 7) is 3.46. The van der Waals surface area contributed by atoms with Crippen LogP contribution < -0.4 is 16.8 Å². The second-order valence-electron chi connectivity index (χ2n) is 5.54. The summed E-state index contributed by atoms with van der Waals surface area (Å²) in [5.74, 6) is -0.0375. The summed E-state index contributed by atoms with van der Waals surface area (Å²) in [5.41, 5.74) is 13.6. The van der Waals surface area contributed by atoms with E-state index < -0.39 is 0 Å². The molecule has 5 N–H and O–H groups in total. The SMILES string of the molecule is CC(=O)Nc1cc(N)ccc1C1CCN(CC(N)=O)CC1. The van der Waals surface area contributed by atoms with Crippen LogP contribution in [0.5, 0.6) is 0 Å². The van der Waals surface area contributed by atoms with Gasteiger partial charge in [0.2, 0.25) is 11.8 Å². The van der Waals surface area contributed by atoms with Crippen molar-refractivity contribution in [2.45, 2.75) is 25.7 Å². The highest BCUT2D eigenvalue weighted by Crippen LogP contribution is 2.34. The van der Waals surface area contributed by atoms with Crippen LogP contribution in [0.25, 0.3) is 0 Å². The molecule has 0 bridgehead atoms. The number of primary amides is 1. The maximum absolute atomic E-state index is 11.3. The Kier molecular flexibility index (Phi) is 4.80. The minimum absolute atomic E-state index is 0.104. The van der Waals surface area contributed by atoms with Crippen molar-refractivity contribution in [2.75, 3.05) is 30.7 Å². The molecule has 0 aromatic heterocycles. The van der Waals surface area contributed by atoms with E-state index in [1.165, 1.54) is 6.92 Å². The number of piperidine rings is 1. The molecule has 2 amide bonds. The Labute approximate surface area is 124 Å². The second-order valence-corrected chi connectivity index (χ2v) is 5.54. The quantitative estimate of drug-likeness (QED) is 0.717. The summed E-state index contributed by atoms with van der Waals surface area (Å²) < 4.78 is 0. The minimum atomic E-state index is -0.292. The number of carbonyl (C=O) groups excluding carboxylic acids is 2. The van der Waals surface area contributed by atoms with Crippen LogP contribution in [0.2, 0.25) is 0 Å². The second kappa shape index (κ2) is 6.58. The van der Waals surface area contributed by atoms with Gasteiger partial charge in [0.05, 0.1) is 6.54 Å². The fourth-order valence-electron chi connectivity index (χ4n) is 2.85. The highest BCUT2D eigenvalue weighted by atomic mass is 16.1. The molecule has 1 fully saturated rings. The van der Waals surface area contributed by atoms with Crippen LogP contribution >= 0.6 is 0 Å². The van der Waals surface area contributed by atoms with Crippen LogP contribution in [-0.2, 0) is 9.59 Å². The molecule has 1 aromatic carbocycles. The van der Waals surface area contributed by atoms with Gasteiger partial charge in [-0.25, -0.2) is 0 Å². The molecule has 1 aliphatic rings. The third-order valence-electron chi connectivity index (χ3n) is 3.79. The van der Waals surface area contributed by atoms with Gasteiger partial charge >= 0.3 is 0 Å². The molecule has 1 heterocycles. The van der Waals surface area contributed by atoms with Gasteiger partial charge in [-0.05, 0) is 49.5 Å². The fraction of sp³-hybridized carbons (Fsp3) is 0.467. The Morgan fingerprint density at radius 2 is 2.00 bits per heavy atom. The molecule has 114 valence electrons. The van der Waals surface area contributed by atoms with Crippen molar-refractivity contribution in [1.82, 2.24) is 4.90 Å². The summed E-state index contributed by atoms with van der Waals surface area (Å²) >= 11 is 0. The van der Waals surface area contributed by atoms with E-state index in [0.29, 0.717) is 18.2 Å². The molecule has 1 aliphatic heterocycles. The number of amides is 2. The van der Waals surface area contributed by atoms with E-state index in [9.17, 15) is 9.59 Å². The molecule has 21 heavy (non-hydrogen) atoms. The Morgan fingerprint density at radius 3 is 2.57 bits per heavy atom. The number of carbonyl (C=O) groups is 2. The first-order valence-electron chi connectivity index (χ1n) is 7.13. The van der Waals surface area contributed by atoms with Gasteiger partial charge in [-0.15, -0.1) is 0 Å². The number of nitrogens with one attached hydrogen (secondary N) is 1. The van der Waals surface area contributed by atoms with E-state index in [1.807, 2.05) is 12.1 Å². The van der Waals surface area contributed by atoms with Gasteiger partial charge in [-0.2, -0.15) is 0 Å². The highest BCUT2D eigenvalue weighted by Gasteiger charge is 2.23. The number of nitrogens with two attached hydrogens (primary N) is 2. The number of anilines is 2. The van der Waals surface area contributed by atoms with Crippen LogP contribution in [0, 0.1) is 0 Å². The summed E-state index contributed by atoms with van der Waals surface area (Å²) in [7, 11) is 0. The number of hydrogen-bond donors (Lipinski definition) is 3. The summed E-state index contributed by atoms with van der Waals surface area (Å²) in [5, 5.41) is 2.85. The predicted molar refractivity (Wildman–Crippen MR) is 82.8 cm³/mol. The van der Waals surface area contributed by atoms with Gasteiger partial charge in [0, 0.05) is 18.3 Å². The first-order chi connectivity index (χ1) is 9.95. The average Bonchev–Trinajstić information content (AvgIpc) is 2.39. The summed E-state index contributed by atoms with van der Waals surface area (Å²) in [4.78, 5) is 24.3. The monoisotopic (exact) mass is 290 g/mol. The molecular formula is C15H22N4O2. The lowest BCUT2D eigenvalue weighted by Gasteiger charge is -2.32. The smallest absolute Gasteiger partial charge is 0.231 e. The first-order valence-corrected chi connectivity index (χ1v) is 7.13. The standard InChI is InChI=1S/C15H22N4O2/c1-10(20)18-14-8-12(16)2-3-13(14)11-4-6-19(7-5-11)9-15(17)21/h2-3,8,11H,4-7,9,16H2,1H3,(H2,17,21)(H,18,20). The van der Waals surface area contributed by atoms with E-state index in [4.69, 9.17) is 11.5 Å². The lowest BCUT2D eigenvalue weighted by atomic mass is 9.88. The van der Waals surface area contributed by atoms with Gasteiger partial charge in [0.15, 0.2) is 0 Å². The van der Waals surface area contributed by atoms with Crippen molar-refractivity contribution < 1.29 is 9.59 Å². The maximum atomic E-state index is 11.3. The molecule has 6 heteroatoms. The maximum Gasteiger partial charge on any atom is 0.231 e. The zero-order valence-electron chi connectivity index (χ0n) is 12.3. The van der Waals surface area contributed by atoms with Crippen molar-refractivity contribution >= 4 is 23.2 Å².